The van der Waals surface area contributed by atoms with Crippen molar-refractivity contribution >= 4 is 19.8 Å². The van der Waals surface area contributed by atoms with E-state index in [2.05, 4.69) is 0 Å². The van der Waals surface area contributed by atoms with Crippen LogP contribution in [0.15, 0.2) is 24.3 Å². The maximum atomic E-state index is 10.1. The quantitative estimate of drug-likeness (QED) is 0.266. The van der Waals surface area contributed by atoms with Crippen LogP contribution < -0.4 is 5.73 Å². The van der Waals surface area contributed by atoms with E-state index in [0.717, 1.165) is 0 Å². The second kappa shape index (κ2) is 3.60. The second-order valence-electron chi connectivity index (χ2n) is 1.85. The number of non-ortho nitro benzene ring substituents is 1. The van der Waals surface area contributed by atoms with E-state index in [-0.39, 0.29) is 14.1 Å². The van der Waals surface area contributed by atoms with Gasteiger partial charge < -0.3 is 5.73 Å². The number of nitrogen functional groups attached to an aromatic ring is 1. The SMILES string of the molecule is B.Nc1ccc([N+](=O)[O-])cc1. The first-order chi connectivity index (χ1) is 4.70. The van der Waals surface area contributed by atoms with Gasteiger partial charge in [0, 0.05) is 17.8 Å². The van der Waals surface area contributed by atoms with E-state index in [4.69, 9.17) is 5.73 Å². The van der Waals surface area contributed by atoms with Gasteiger partial charge in [0.05, 0.1) is 13.3 Å². The first-order valence-corrected chi connectivity index (χ1v) is 2.70. The van der Waals surface area contributed by atoms with Crippen LogP contribution in [0.3, 0.4) is 0 Å². The fourth-order valence-electron chi connectivity index (χ4n) is 0.596. The lowest BCUT2D eigenvalue weighted by Gasteiger charge is -1.90. The topological polar surface area (TPSA) is 69.2 Å². The molecule has 0 saturated carbocycles. The number of benzene rings is 1. The zero-order valence-corrected chi connectivity index (χ0v) is 5.15. The molecule has 0 radical (unpaired) electrons. The number of nitro groups is 1. The van der Waals surface area contributed by atoms with Crippen LogP contribution in [0.2, 0.25) is 0 Å². The van der Waals surface area contributed by atoms with Crippen LogP contribution in [0.5, 0.6) is 0 Å². The number of hydrogen-bond donors (Lipinski definition) is 1. The Kier molecular flexibility index (Phi) is 3.11. The van der Waals surface area contributed by atoms with Gasteiger partial charge in [0.2, 0.25) is 0 Å². The molecule has 1 rings (SSSR count). The molecule has 1 aromatic carbocycles. The monoisotopic (exact) mass is 152 g/mol. The van der Waals surface area contributed by atoms with E-state index in [1.165, 1.54) is 24.3 Å². The molecule has 11 heavy (non-hydrogen) atoms. The zero-order valence-electron chi connectivity index (χ0n) is 5.15. The molecular weight excluding hydrogens is 143 g/mol. The normalized spacial score (nSPS) is 8.36. The first-order valence-electron chi connectivity index (χ1n) is 2.70. The number of rotatable bonds is 1. The maximum Gasteiger partial charge on any atom is 0.269 e. The van der Waals surface area contributed by atoms with Crippen LogP contribution in [-0.2, 0) is 0 Å². The summed E-state index contributed by atoms with van der Waals surface area (Å²) in [7, 11) is 0. The van der Waals surface area contributed by atoms with Crippen LogP contribution in [-0.4, -0.2) is 13.3 Å². The van der Waals surface area contributed by atoms with E-state index in [1.54, 1.807) is 0 Å². The molecule has 0 aliphatic heterocycles. The Morgan fingerprint density at radius 1 is 1.27 bits per heavy atom. The van der Waals surface area contributed by atoms with Crippen molar-refractivity contribution in [3.05, 3.63) is 34.4 Å². The average molecular weight is 152 g/mol. The molecule has 0 bridgehead atoms. The van der Waals surface area contributed by atoms with Crippen LogP contribution >= 0.6 is 0 Å². The third kappa shape index (κ3) is 2.29. The molecule has 0 spiro atoms. The lowest BCUT2D eigenvalue weighted by molar-refractivity contribution is -0.384. The lowest BCUT2D eigenvalue weighted by Crippen LogP contribution is -1.88. The molecule has 2 N–H and O–H groups in total. The molecule has 0 heterocycles. The highest BCUT2D eigenvalue weighted by Gasteiger charge is 2.00. The summed E-state index contributed by atoms with van der Waals surface area (Å²) in [5.41, 5.74) is 5.90. The first kappa shape index (κ1) is 9.48. The summed E-state index contributed by atoms with van der Waals surface area (Å²) >= 11 is 0. The minimum Gasteiger partial charge on any atom is -0.399 e. The molecule has 4 nitrogen and oxygen atoms in total. The Morgan fingerprint density at radius 2 is 1.73 bits per heavy atom. The Balaban J connectivity index is 0.000001000. The molecule has 0 saturated heterocycles. The van der Waals surface area contributed by atoms with Gasteiger partial charge >= 0.3 is 0 Å². The van der Waals surface area contributed by atoms with Gasteiger partial charge in [-0.25, -0.2) is 0 Å². The number of nitrogens with two attached hydrogens (primary N) is 1. The highest BCUT2D eigenvalue weighted by atomic mass is 16.6. The van der Waals surface area contributed by atoms with Gasteiger partial charge in [-0.05, 0) is 12.1 Å². The molecule has 0 unspecified atom stereocenters. The molecule has 0 aliphatic carbocycles. The highest BCUT2D eigenvalue weighted by Crippen LogP contribution is 2.11. The Bertz CT molecular complexity index is 247. The molecule has 0 fully saturated rings. The van der Waals surface area contributed by atoms with Gasteiger partial charge in [-0.1, -0.05) is 0 Å². The summed E-state index contributed by atoms with van der Waals surface area (Å²) < 4.78 is 0. The molecule has 0 amide bonds. The van der Waals surface area contributed by atoms with Crippen molar-refractivity contribution < 1.29 is 4.92 Å². The fraction of sp³-hybridized carbons (Fsp3) is 0. The van der Waals surface area contributed by atoms with Crippen LogP contribution in [0.1, 0.15) is 0 Å². The Labute approximate surface area is 65.7 Å². The van der Waals surface area contributed by atoms with Gasteiger partial charge in [0.1, 0.15) is 0 Å². The minimum atomic E-state index is -0.459. The van der Waals surface area contributed by atoms with Crippen molar-refractivity contribution in [3.8, 4) is 0 Å². The summed E-state index contributed by atoms with van der Waals surface area (Å²) in [6, 6.07) is 5.74. The van der Waals surface area contributed by atoms with E-state index >= 15 is 0 Å². The zero-order chi connectivity index (χ0) is 7.56. The standard InChI is InChI=1S/C6H6N2O2.BH3/c7-5-1-3-6(4-2-5)8(9)10;/h1-4H,7H2;1H3. The van der Waals surface area contributed by atoms with Gasteiger partial charge in [0.15, 0.2) is 0 Å². The number of hydrogen-bond acceptors (Lipinski definition) is 3. The van der Waals surface area contributed by atoms with Gasteiger partial charge in [0.25, 0.3) is 5.69 Å². The average Bonchev–Trinajstić information content (AvgIpc) is 1.88. The molecule has 0 aromatic heterocycles. The minimum absolute atomic E-state index is 0. The predicted octanol–water partition coefficient (Wildman–Crippen LogP) is -0.00690. The van der Waals surface area contributed by atoms with Crippen molar-refractivity contribution in [2.75, 3.05) is 5.73 Å². The van der Waals surface area contributed by atoms with Crippen molar-refractivity contribution in [1.82, 2.24) is 0 Å². The van der Waals surface area contributed by atoms with E-state index in [0.29, 0.717) is 5.69 Å². The summed E-state index contributed by atoms with van der Waals surface area (Å²) in [6.07, 6.45) is 0. The van der Waals surface area contributed by atoms with E-state index in [1.807, 2.05) is 0 Å². The Hall–Kier alpha value is -1.52. The largest absolute Gasteiger partial charge is 0.399 e. The van der Waals surface area contributed by atoms with Crippen molar-refractivity contribution in [2.45, 2.75) is 0 Å². The molecule has 0 aliphatic rings. The summed E-state index contributed by atoms with van der Waals surface area (Å²) in [5.74, 6) is 0. The predicted molar refractivity (Wildman–Crippen MR) is 47.4 cm³/mol. The molecular formula is C6H9BN2O2. The van der Waals surface area contributed by atoms with Crippen molar-refractivity contribution in [3.63, 3.8) is 0 Å². The lowest BCUT2D eigenvalue weighted by atomic mass is 10.3. The summed E-state index contributed by atoms with van der Waals surface area (Å²) in [5, 5.41) is 10.1. The highest BCUT2D eigenvalue weighted by molar-refractivity contribution is 5.75. The fourth-order valence-corrected chi connectivity index (χ4v) is 0.596. The number of nitro benzene ring substituents is 1. The third-order valence-electron chi connectivity index (χ3n) is 1.10. The van der Waals surface area contributed by atoms with Gasteiger partial charge in [-0.2, -0.15) is 0 Å². The smallest absolute Gasteiger partial charge is 0.269 e. The van der Waals surface area contributed by atoms with Crippen LogP contribution in [0, 0.1) is 10.1 Å². The van der Waals surface area contributed by atoms with Crippen molar-refractivity contribution in [2.24, 2.45) is 0 Å². The summed E-state index contributed by atoms with van der Waals surface area (Å²) in [4.78, 5) is 9.62. The Morgan fingerprint density at radius 3 is 2.09 bits per heavy atom. The van der Waals surface area contributed by atoms with Gasteiger partial charge in [-0.3, -0.25) is 10.1 Å². The third-order valence-corrected chi connectivity index (χ3v) is 1.10. The number of nitrogens with zero attached hydrogens (tertiary/aromatic N) is 1. The van der Waals surface area contributed by atoms with Gasteiger partial charge in [-0.15, -0.1) is 0 Å². The van der Waals surface area contributed by atoms with E-state index in [9.17, 15) is 10.1 Å². The molecule has 5 heteroatoms. The second-order valence-corrected chi connectivity index (χ2v) is 1.85. The van der Waals surface area contributed by atoms with Crippen molar-refractivity contribution in [1.29, 1.82) is 0 Å². The molecule has 58 valence electrons. The van der Waals surface area contributed by atoms with Crippen LogP contribution in [0.25, 0.3) is 0 Å². The van der Waals surface area contributed by atoms with E-state index < -0.39 is 4.92 Å². The molecule has 1 aromatic rings. The summed E-state index contributed by atoms with van der Waals surface area (Å²) in [6.45, 7) is 0. The number of anilines is 1. The molecule has 0 atom stereocenters. The van der Waals surface area contributed by atoms with Crippen LogP contribution in [0.4, 0.5) is 11.4 Å². The maximum absolute atomic E-state index is 10.1.